The quantitative estimate of drug-likeness (QED) is 0.692. The fraction of sp³-hybridized carbons (Fsp3) is 0.682. The van der Waals surface area contributed by atoms with E-state index in [4.69, 9.17) is 11.6 Å². The molecule has 29 heavy (non-hydrogen) atoms. The third-order valence-electron chi connectivity index (χ3n) is 7.24. The average Bonchev–Trinajstić information content (AvgIpc) is 2.59. The van der Waals surface area contributed by atoms with Crippen LogP contribution in [0, 0.1) is 23.2 Å². The summed E-state index contributed by atoms with van der Waals surface area (Å²) in [4.78, 5) is 13.1. The lowest BCUT2D eigenvalue weighted by atomic mass is 9.48. The van der Waals surface area contributed by atoms with Crippen molar-refractivity contribution in [3.63, 3.8) is 0 Å². The van der Waals surface area contributed by atoms with Gasteiger partial charge in [0.05, 0.1) is 15.5 Å². The number of hydrogen-bond acceptors (Lipinski definition) is 3. The number of nitrogens with one attached hydrogen (secondary N) is 2. The smallest absolute Gasteiger partial charge is 0.253 e. The third-order valence-corrected chi connectivity index (χ3v) is 9.22. The summed E-state index contributed by atoms with van der Waals surface area (Å²) >= 11 is 6.27. The summed E-state index contributed by atoms with van der Waals surface area (Å²) in [5.74, 6) is 2.12. The molecule has 2 N–H and O–H groups in total. The van der Waals surface area contributed by atoms with Gasteiger partial charge in [-0.2, -0.15) is 0 Å². The van der Waals surface area contributed by atoms with Crippen LogP contribution in [-0.4, -0.2) is 26.4 Å². The first-order valence-corrected chi connectivity index (χ1v) is 12.6. The number of amides is 1. The highest BCUT2D eigenvalue weighted by Crippen LogP contribution is 2.61. The van der Waals surface area contributed by atoms with E-state index in [1.165, 1.54) is 56.7 Å². The van der Waals surface area contributed by atoms with Crippen molar-refractivity contribution in [2.45, 2.75) is 76.3 Å². The first-order chi connectivity index (χ1) is 13.6. The van der Waals surface area contributed by atoms with Gasteiger partial charge in [-0.1, -0.05) is 11.6 Å². The largest absolute Gasteiger partial charge is 0.349 e. The van der Waals surface area contributed by atoms with Crippen LogP contribution in [-0.2, 0) is 10.0 Å². The molecule has 0 heterocycles. The molecule has 1 amide bonds. The second-order valence-electron chi connectivity index (χ2n) is 9.89. The fourth-order valence-electron chi connectivity index (χ4n) is 6.36. The maximum Gasteiger partial charge on any atom is 0.253 e. The Bertz CT molecular complexity index is 877. The highest BCUT2D eigenvalue weighted by Gasteiger charge is 2.53. The van der Waals surface area contributed by atoms with E-state index in [0.717, 1.165) is 17.8 Å². The molecule has 4 aliphatic carbocycles. The van der Waals surface area contributed by atoms with Crippen molar-refractivity contribution in [3.05, 3.63) is 28.8 Å². The zero-order valence-corrected chi connectivity index (χ0v) is 18.9. The SMILES string of the molecule is CC(C)NS(=O)(=O)c1ccc(Cl)c(C(=O)NC(C)C23CC4CC(CC(C4)C2)C3)c1. The predicted molar refractivity (Wildman–Crippen MR) is 114 cm³/mol. The van der Waals surface area contributed by atoms with E-state index in [1.54, 1.807) is 13.8 Å². The number of hydrogen-bond donors (Lipinski definition) is 2. The molecule has 0 saturated heterocycles. The molecule has 0 radical (unpaired) electrons. The minimum atomic E-state index is -3.69. The third kappa shape index (κ3) is 4.08. The van der Waals surface area contributed by atoms with Crippen LogP contribution in [0.25, 0.3) is 0 Å². The molecule has 1 aromatic carbocycles. The zero-order chi connectivity index (χ0) is 21.0. The van der Waals surface area contributed by atoms with Gasteiger partial charge in [0.15, 0.2) is 0 Å². The molecule has 4 aliphatic rings. The number of carbonyl (C=O) groups is 1. The number of rotatable bonds is 6. The predicted octanol–water partition coefficient (Wildman–Crippen LogP) is 4.36. The van der Waals surface area contributed by atoms with Crippen molar-refractivity contribution in [1.29, 1.82) is 0 Å². The molecule has 5 nitrogen and oxygen atoms in total. The molecule has 1 unspecified atom stereocenters. The Kier molecular flexibility index (Phi) is 5.50. The van der Waals surface area contributed by atoms with E-state index < -0.39 is 10.0 Å². The molecule has 5 rings (SSSR count). The standard InChI is InChI=1S/C22H31ClN2O3S/c1-13(2)25-29(27,28)18-4-5-20(23)19(9-18)21(26)24-14(3)22-10-15-6-16(11-22)8-17(7-15)12-22/h4-5,9,13-17,25H,6-8,10-12H2,1-3H3,(H,24,26). The van der Waals surface area contributed by atoms with Crippen LogP contribution in [0.4, 0.5) is 0 Å². The average molecular weight is 439 g/mol. The number of sulfonamides is 1. The lowest BCUT2D eigenvalue weighted by molar-refractivity contribution is -0.0688. The maximum absolute atomic E-state index is 13.1. The van der Waals surface area contributed by atoms with Gasteiger partial charge in [0, 0.05) is 12.1 Å². The van der Waals surface area contributed by atoms with E-state index in [9.17, 15) is 13.2 Å². The van der Waals surface area contributed by atoms with Crippen molar-refractivity contribution in [2.24, 2.45) is 23.2 Å². The van der Waals surface area contributed by atoms with E-state index in [1.807, 2.05) is 0 Å². The van der Waals surface area contributed by atoms with Crippen LogP contribution in [0.3, 0.4) is 0 Å². The topological polar surface area (TPSA) is 75.3 Å². The number of halogens is 1. The lowest BCUT2D eigenvalue weighted by Gasteiger charge is -2.59. The summed E-state index contributed by atoms with van der Waals surface area (Å²) in [6.07, 6.45) is 7.65. The molecule has 4 fully saturated rings. The Hall–Kier alpha value is -1.11. The van der Waals surface area contributed by atoms with Gasteiger partial charge >= 0.3 is 0 Å². The van der Waals surface area contributed by atoms with Gasteiger partial charge in [0.25, 0.3) is 5.91 Å². The molecule has 0 aromatic heterocycles. The molecule has 1 aromatic rings. The summed E-state index contributed by atoms with van der Waals surface area (Å²) in [5.41, 5.74) is 0.398. The molecule has 0 aliphatic heterocycles. The van der Waals surface area contributed by atoms with Gasteiger partial charge in [-0.05, 0) is 101 Å². The van der Waals surface area contributed by atoms with Crippen LogP contribution < -0.4 is 10.0 Å². The first-order valence-electron chi connectivity index (χ1n) is 10.7. The summed E-state index contributed by atoms with van der Waals surface area (Å²) < 4.78 is 27.5. The van der Waals surface area contributed by atoms with Gasteiger partial charge in [0.2, 0.25) is 10.0 Å². The molecule has 4 bridgehead atoms. The highest BCUT2D eigenvalue weighted by atomic mass is 35.5. The molecular weight excluding hydrogens is 408 g/mol. The van der Waals surface area contributed by atoms with Crippen molar-refractivity contribution in [3.8, 4) is 0 Å². The Morgan fingerprint density at radius 1 is 1.07 bits per heavy atom. The Balaban J connectivity index is 1.53. The van der Waals surface area contributed by atoms with Crippen molar-refractivity contribution >= 4 is 27.5 Å². The highest BCUT2D eigenvalue weighted by molar-refractivity contribution is 7.89. The van der Waals surface area contributed by atoms with Gasteiger partial charge in [-0.25, -0.2) is 13.1 Å². The second kappa shape index (κ2) is 7.54. The monoisotopic (exact) mass is 438 g/mol. The van der Waals surface area contributed by atoms with Crippen LogP contribution in [0.5, 0.6) is 0 Å². The van der Waals surface area contributed by atoms with Crippen LogP contribution in [0.1, 0.15) is 69.7 Å². The molecule has 0 spiro atoms. The Labute approximate surface area is 179 Å². The molecular formula is C22H31ClN2O3S. The number of carbonyl (C=O) groups excluding carboxylic acids is 1. The molecule has 4 saturated carbocycles. The normalized spacial score (nSPS) is 31.8. The lowest BCUT2D eigenvalue weighted by Crippen LogP contribution is -2.55. The van der Waals surface area contributed by atoms with Crippen LogP contribution in [0.15, 0.2) is 23.1 Å². The second-order valence-corrected chi connectivity index (χ2v) is 12.0. The first kappa shape index (κ1) is 21.1. The summed E-state index contributed by atoms with van der Waals surface area (Å²) in [6.45, 7) is 5.63. The number of benzene rings is 1. The molecule has 1 atom stereocenters. The van der Waals surface area contributed by atoms with Crippen molar-refractivity contribution in [1.82, 2.24) is 10.0 Å². The van der Waals surface area contributed by atoms with Crippen molar-refractivity contribution in [2.75, 3.05) is 0 Å². The summed E-state index contributed by atoms with van der Waals surface area (Å²) in [5, 5.41) is 3.44. The summed E-state index contributed by atoms with van der Waals surface area (Å²) in [6, 6.07) is 4.12. The van der Waals surface area contributed by atoms with Gasteiger partial charge in [-0.3, -0.25) is 4.79 Å². The zero-order valence-electron chi connectivity index (χ0n) is 17.4. The maximum atomic E-state index is 13.1. The fourth-order valence-corrected chi connectivity index (χ4v) is 7.84. The minimum absolute atomic E-state index is 0.0496. The Morgan fingerprint density at radius 2 is 1.62 bits per heavy atom. The van der Waals surface area contributed by atoms with Crippen molar-refractivity contribution < 1.29 is 13.2 Å². The van der Waals surface area contributed by atoms with E-state index >= 15 is 0 Å². The summed E-state index contributed by atoms with van der Waals surface area (Å²) in [7, 11) is -3.69. The van der Waals surface area contributed by atoms with Crippen LogP contribution in [0.2, 0.25) is 5.02 Å². The van der Waals surface area contributed by atoms with Gasteiger partial charge < -0.3 is 5.32 Å². The van der Waals surface area contributed by atoms with Gasteiger partial charge in [0.1, 0.15) is 0 Å². The van der Waals surface area contributed by atoms with Gasteiger partial charge in [-0.15, -0.1) is 0 Å². The molecule has 7 heteroatoms. The minimum Gasteiger partial charge on any atom is -0.349 e. The molecule has 160 valence electrons. The van der Waals surface area contributed by atoms with E-state index in [0.29, 0.717) is 0 Å². The van der Waals surface area contributed by atoms with E-state index in [2.05, 4.69) is 17.0 Å². The van der Waals surface area contributed by atoms with Crippen LogP contribution >= 0.6 is 11.6 Å². The Morgan fingerprint density at radius 3 is 2.14 bits per heavy atom. The van der Waals surface area contributed by atoms with E-state index in [-0.39, 0.29) is 38.9 Å².